The molecule has 4 rings (SSSR count). The van der Waals surface area contributed by atoms with Crippen molar-refractivity contribution in [2.45, 2.75) is 12.8 Å². The molecule has 1 aromatic heterocycles. The lowest BCUT2D eigenvalue weighted by atomic mass is 10.0. The van der Waals surface area contributed by atoms with Crippen molar-refractivity contribution in [1.29, 1.82) is 5.26 Å². The largest absolute Gasteiger partial charge is 0.396 e. The van der Waals surface area contributed by atoms with E-state index in [0.717, 1.165) is 29.9 Å². The minimum absolute atomic E-state index is 0.502. The quantitative estimate of drug-likeness (QED) is 0.782. The Morgan fingerprint density at radius 1 is 1.00 bits per heavy atom. The van der Waals surface area contributed by atoms with Crippen LogP contribution in [0.3, 0.4) is 0 Å². The minimum Gasteiger partial charge on any atom is -0.396 e. The van der Waals surface area contributed by atoms with Crippen LogP contribution in [0.4, 0.5) is 11.4 Å². The lowest BCUT2D eigenvalue weighted by Crippen LogP contribution is -2.18. The molecule has 0 radical (unpaired) electrons. The average molecular weight is 341 g/mol. The summed E-state index contributed by atoms with van der Waals surface area (Å²) in [5.74, 6) is 0.622. The Morgan fingerprint density at radius 2 is 1.77 bits per heavy atom. The molecule has 0 bridgehead atoms. The molecule has 3 aromatic rings. The highest BCUT2D eigenvalue weighted by molar-refractivity contribution is 5.77. The first kappa shape index (κ1) is 16.1. The van der Waals surface area contributed by atoms with Crippen molar-refractivity contribution in [3.63, 3.8) is 0 Å². The minimum atomic E-state index is 0.502. The maximum Gasteiger partial charge on any atom is 0.159 e. The molecule has 2 aromatic carbocycles. The highest BCUT2D eigenvalue weighted by Gasteiger charge is 2.17. The first-order valence-corrected chi connectivity index (χ1v) is 8.73. The first-order valence-electron chi connectivity index (χ1n) is 8.73. The second-order valence-electron chi connectivity index (χ2n) is 6.40. The van der Waals surface area contributed by atoms with Gasteiger partial charge in [-0.1, -0.05) is 36.4 Å². The highest BCUT2D eigenvalue weighted by atomic mass is 15.1. The van der Waals surface area contributed by atoms with E-state index in [-0.39, 0.29) is 0 Å². The van der Waals surface area contributed by atoms with Crippen LogP contribution < -0.4 is 10.6 Å². The zero-order chi connectivity index (χ0) is 17.9. The summed E-state index contributed by atoms with van der Waals surface area (Å²) in [6, 6.07) is 18.0. The van der Waals surface area contributed by atoms with Gasteiger partial charge >= 0.3 is 0 Å². The van der Waals surface area contributed by atoms with Gasteiger partial charge in [-0.25, -0.2) is 9.97 Å². The van der Waals surface area contributed by atoms with Crippen molar-refractivity contribution in [3.8, 4) is 28.7 Å². The van der Waals surface area contributed by atoms with Crippen LogP contribution in [0.1, 0.15) is 18.4 Å². The fraction of sp³-hybridized carbons (Fsp3) is 0.190. The molecule has 2 heterocycles. The van der Waals surface area contributed by atoms with Crippen LogP contribution in [-0.4, -0.2) is 23.1 Å². The molecule has 1 saturated heterocycles. The molecule has 0 aliphatic carbocycles. The smallest absolute Gasteiger partial charge is 0.159 e. The third kappa shape index (κ3) is 2.98. The van der Waals surface area contributed by atoms with Crippen LogP contribution in [0.2, 0.25) is 0 Å². The van der Waals surface area contributed by atoms with Crippen LogP contribution in [0, 0.1) is 11.3 Å². The number of nitriles is 1. The van der Waals surface area contributed by atoms with Crippen molar-refractivity contribution >= 4 is 11.4 Å². The van der Waals surface area contributed by atoms with E-state index in [2.05, 4.69) is 20.9 Å². The van der Waals surface area contributed by atoms with Gasteiger partial charge in [-0.2, -0.15) is 5.26 Å². The Kier molecular flexibility index (Phi) is 4.24. The van der Waals surface area contributed by atoms with Crippen LogP contribution in [-0.2, 0) is 0 Å². The van der Waals surface area contributed by atoms with Crippen LogP contribution >= 0.6 is 0 Å². The standard InChI is InChI=1S/C21H19N5/c22-13-17-12-16(8-9-19(17)26-10-4-5-11-26)20-18(23)14-24-21(25-20)15-6-2-1-3-7-15/h1-3,6-9,12,14H,4-5,10-11,23H2. The van der Waals surface area contributed by atoms with Crippen molar-refractivity contribution in [2.24, 2.45) is 0 Å². The summed E-state index contributed by atoms with van der Waals surface area (Å²) in [5, 5.41) is 9.61. The topological polar surface area (TPSA) is 78.8 Å². The number of nitrogens with two attached hydrogens (primary N) is 1. The van der Waals surface area contributed by atoms with Crippen LogP contribution in [0.5, 0.6) is 0 Å². The van der Waals surface area contributed by atoms with E-state index in [0.29, 0.717) is 22.8 Å². The Bertz CT molecular complexity index is 969. The molecular weight excluding hydrogens is 322 g/mol. The summed E-state index contributed by atoms with van der Waals surface area (Å²) in [6.45, 7) is 2.00. The molecule has 26 heavy (non-hydrogen) atoms. The van der Waals surface area contributed by atoms with Gasteiger partial charge in [0.05, 0.1) is 28.8 Å². The average Bonchev–Trinajstić information content (AvgIpc) is 3.23. The van der Waals surface area contributed by atoms with Gasteiger partial charge in [0.2, 0.25) is 0 Å². The van der Waals surface area contributed by atoms with Crippen LogP contribution in [0.15, 0.2) is 54.7 Å². The molecule has 0 amide bonds. The number of nitrogens with zero attached hydrogens (tertiary/aromatic N) is 4. The summed E-state index contributed by atoms with van der Waals surface area (Å²) in [5.41, 5.74) is 10.7. The third-order valence-electron chi connectivity index (χ3n) is 4.69. The molecule has 0 saturated carbocycles. The number of nitrogen functional groups attached to an aromatic ring is 1. The monoisotopic (exact) mass is 341 g/mol. The molecule has 0 unspecified atom stereocenters. The lowest BCUT2D eigenvalue weighted by molar-refractivity contribution is 0.949. The zero-order valence-corrected chi connectivity index (χ0v) is 14.4. The number of benzene rings is 2. The Morgan fingerprint density at radius 3 is 2.50 bits per heavy atom. The number of hydrogen-bond donors (Lipinski definition) is 1. The van der Waals surface area contributed by atoms with Crippen LogP contribution in [0.25, 0.3) is 22.6 Å². The highest BCUT2D eigenvalue weighted by Crippen LogP contribution is 2.31. The van der Waals surface area contributed by atoms with Gasteiger partial charge in [0.15, 0.2) is 5.82 Å². The Labute approximate surface area is 152 Å². The molecular formula is C21H19N5. The maximum absolute atomic E-state index is 9.61. The fourth-order valence-corrected chi connectivity index (χ4v) is 3.36. The van der Waals surface area contributed by atoms with Gasteiger partial charge in [0.25, 0.3) is 0 Å². The van der Waals surface area contributed by atoms with E-state index in [1.54, 1.807) is 6.20 Å². The van der Waals surface area contributed by atoms with Crippen molar-refractivity contribution in [1.82, 2.24) is 9.97 Å². The van der Waals surface area contributed by atoms with Gasteiger partial charge in [-0.15, -0.1) is 0 Å². The second kappa shape index (κ2) is 6.85. The molecule has 1 fully saturated rings. The van der Waals surface area contributed by atoms with E-state index in [9.17, 15) is 5.26 Å². The van der Waals surface area contributed by atoms with E-state index >= 15 is 0 Å². The number of anilines is 2. The Balaban J connectivity index is 1.77. The summed E-state index contributed by atoms with van der Waals surface area (Å²) in [4.78, 5) is 11.3. The van der Waals surface area contributed by atoms with Crippen molar-refractivity contribution in [2.75, 3.05) is 23.7 Å². The van der Waals surface area contributed by atoms with Gasteiger partial charge in [-0.05, 0) is 25.0 Å². The van der Waals surface area contributed by atoms with E-state index < -0.39 is 0 Å². The second-order valence-corrected chi connectivity index (χ2v) is 6.40. The predicted molar refractivity (Wildman–Crippen MR) is 103 cm³/mol. The van der Waals surface area contributed by atoms with Gasteiger partial charge in [-0.3, -0.25) is 0 Å². The number of rotatable bonds is 3. The number of hydrogen-bond acceptors (Lipinski definition) is 5. The van der Waals surface area contributed by atoms with E-state index in [1.807, 2.05) is 48.5 Å². The predicted octanol–water partition coefficient (Wildman–Crippen LogP) is 3.86. The summed E-state index contributed by atoms with van der Waals surface area (Å²) >= 11 is 0. The summed E-state index contributed by atoms with van der Waals surface area (Å²) < 4.78 is 0. The first-order chi connectivity index (χ1) is 12.8. The molecule has 128 valence electrons. The molecule has 1 aliphatic rings. The molecule has 0 atom stereocenters. The lowest BCUT2D eigenvalue weighted by Gasteiger charge is -2.19. The van der Waals surface area contributed by atoms with Crippen molar-refractivity contribution in [3.05, 3.63) is 60.3 Å². The Hall–Kier alpha value is -3.39. The molecule has 5 heteroatoms. The van der Waals surface area contributed by atoms with E-state index in [1.165, 1.54) is 12.8 Å². The third-order valence-corrected chi connectivity index (χ3v) is 4.69. The molecule has 2 N–H and O–H groups in total. The zero-order valence-electron chi connectivity index (χ0n) is 14.4. The SMILES string of the molecule is N#Cc1cc(-c2nc(-c3ccccc3)ncc2N)ccc1N1CCCC1. The summed E-state index contributed by atoms with van der Waals surface area (Å²) in [6.07, 6.45) is 3.98. The molecule has 0 spiro atoms. The van der Waals surface area contributed by atoms with Gasteiger partial charge < -0.3 is 10.6 Å². The van der Waals surface area contributed by atoms with Crippen molar-refractivity contribution < 1.29 is 0 Å². The summed E-state index contributed by atoms with van der Waals surface area (Å²) in [7, 11) is 0. The normalized spacial score (nSPS) is 13.6. The molecule has 5 nitrogen and oxygen atoms in total. The molecule has 1 aliphatic heterocycles. The van der Waals surface area contributed by atoms with Gasteiger partial charge in [0, 0.05) is 24.2 Å². The van der Waals surface area contributed by atoms with E-state index in [4.69, 9.17) is 5.73 Å². The maximum atomic E-state index is 9.61. The fourth-order valence-electron chi connectivity index (χ4n) is 3.36. The van der Waals surface area contributed by atoms with Gasteiger partial charge in [0.1, 0.15) is 6.07 Å². The number of aromatic nitrogens is 2.